The van der Waals surface area contributed by atoms with E-state index < -0.39 is 71.2 Å². The molecule has 13 heteroatoms. The minimum absolute atomic E-state index is 0.167. The molecule has 12 nitrogen and oxygen atoms in total. The smallest absolute Gasteiger partial charge is 0.306 e. The van der Waals surface area contributed by atoms with Gasteiger partial charge in [-0.2, -0.15) is 8.42 Å². The number of unbranched alkanes of at least 4 members (excludes halogenated alkanes) is 22. The van der Waals surface area contributed by atoms with Gasteiger partial charge in [0.1, 0.15) is 36.8 Å². The summed E-state index contributed by atoms with van der Waals surface area (Å²) in [5.41, 5.74) is 0. The molecule has 0 aromatic carbocycles. The molecule has 0 spiro atoms. The van der Waals surface area contributed by atoms with E-state index in [0.717, 1.165) is 51.4 Å². The van der Waals surface area contributed by atoms with Gasteiger partial charge in [-0.1, -0.05) is 160 Å². The standard InChI is InChI=1S/C45H82O12S/c1-3-5-7-9-11-13-15-16-17-18-19-20-21-22-24-25-27-29-31-33-40(46)54-35-38(56-41(47)34-32-30-28-26-23-14-12-10-8-6-4-2)36-55-45-44(50)43(49)42(48)39(57-45)37-58(51,52)53/h11,13,16-17,38-39,42-45,48-50H,3-10,12,14-15,18-37H2,1-2H3,(H,51,52,53)/b13-11+,17-16+/t38-,39-,42-,43?,44?,45+/m1/s1. The van der Waals surface area contributed by atoms with Gasteiger partial charge in [-0.3, -0.25) is 14.1 Å². The van der Waals surface area contributed by atoms with Gasteiger partial charge in [0, 0.05) is 12.8 Å². The van der Waals surface area contributed by atoms with Crippen molar-refractivity contribution in [3.63, 3.8) is 0 Å². The highest BCUT2D eigenvalue weighted by molar-refractivity contribution is 7.85. The fraction of sp³-hybridized carbons (Fsp3) is 0.867. The maximum atomic E-state index is 12.8. The lowest BCUT2D eigenvalue weighted by Crippen LogP contribution is -2.60. The number of carbonyl (C=O) groups excluding carboxylic acids is 2. The molecule has 0 amide bonds. The van der Waals surface area contributed by atoms with Gasteiger partial charge in [0.25, 0.3) is 10.1 Å². The number of ether oxygens (including phenoxy) is 4. The molecule has 6 atom stereocenters. The molecule has 1 rings (SSSR count). The van der Waals surface area contributed by atoms with E-state index in [1.807, 2.05) is 0 Å². The fourth-order valence-corrected chi connectivity index (χ4v) is 7.63. The number of rotatable bonds is 38. The van der Waals surface area contributed by atoms with Crippen molar-refractivity contribution >= 4 is 22.1 Å². The summed E-state index contributed by atoms with van der Waals surface area (Å²) in [5.74, 6) is -1.98. The third kappa shape index (κ3) is 30.2. The van der Waals surface area contributed by atoms with Gasteiger partial charge in [-0.15, -0.1) is 0 Å². The highest BCUT2D eigenvalue weighted by Crippen LogP contribution is 2.24. The van der Waals surface area contributed by atoms with Crippen molar-refractivity contribution in [2.75, 3.05) is 19.0 Å². The molecular formula is C45H82O12S. The molecule has 340 valence electrons. The Morgan fingerprint density at radius 3 is 1.55 bits per heavy atom. The second kappa shape index (κ2) is 35.8. The number of hydrogen-bond acceptors (Lipinski definition) is 11. The Bertz CT molecular complexity index is 1180. The summed E-state index contributed by atoms with van der Waals surface area (Å²) in [6, 6.07) is 0. The van der Waals surface area contributed by atoms with Crippen LogP contribution in [0.15, 0.2) is 24.3 Å². The van der Waals surface area contributed by atoms with E-state index in [1.54, 1.807) is 0 Å². The van der Waals surface area contributed by atoms with Gasteiger partial charge in [0.2, 0.25) is 0 Å². The topological polar surface area (TPSA) is 186 Å². The van der Waals surface area contributed by atoms with E-state index in [0.29, 0.717) is 12.8 Å². The van der Waals surface area contributed by atoms with Crippen LogP contribution in [0, 0.1) is 0 Å². The maximum absolute atomic E-state index is 12.8. The number of aliphatic hydroxyl groups excluding tert-OH is 3. The molecule has 2 unspecified atom stereocenters. The van der Waals surface area contributed by atoms with Gasteiger partial charge in [0.05, 0.1) is 6.61 Å². The van der Waals surface area contributed by atoms with E-state index in [9.17, 15) is 37.9 Å². The SMILES string of the molecule is CCCCC/C=C/C/C=C/CCCCCCCCCCCC(=O)OC[C@H](CO[C@H]1O[C@H](CS(=O)(=O)O)[C@@H](O)C(O)C1O)OC(=O)CCCCCCCCCCCCC. The summed E-state index contributed by atoms with van der Waals surface area (Å²) in [7, 11) is -4.60. The van der Waals surface area contributed by atoms with E-state index in [1.165, 1.54) is 103 Å². The first-order valence-electron chi connectivity index (χ1n) is 22.9. The molecule has 4 N–H and O–H groups in total. The van der Waals surface area contributed by atoms with Gasteiger partial charge < -0.3 is 34.3 Å². The van der Waals surface area contributed by atoms with Crippen LogP contribution >= 0.6 is 0 Å². The van der Waals surface area contributed by atoms with E-state index >= 15 is 0 Å². The van der Waals surface area contributed by atoms with Crippen molar-refractivity contribution < 1.29 is 56.8 Å². The Hall–Kier alpha value is -1.87. The van der Waals surface area contributed by atoms with Crippen LogP contribution in [0.25, 0.3) is 0 Å². The van der Waals surface area contributed by atoms with Crippen LogP contribution in [0.4, 0.5) is 0 Å². The van der Waals surface area contributed by atoms with Gasteiger partial charge >= 0.3 is 11.9 Å². The number of esters is 2. The number of allylic oxidation sites excluding steroid dienone is 4. The second-order valence-electron chi connectivity index (χ2n) is 16.1. The number of carbonyl (C=O) groups is 2. The molecule has 0 aromatic rings. The average molecular weight is 847 g/mol. The zero-order valence-corrected chi connectivity index (χ0v) is 37.0. The van der Waals surface area contributed by atoms with Gasteiger partial charge in [-0.05, 0) is 44.9 Å². The van der Waals surface area contributed by atoms with E-state index in [-0.39, 0.29) is 19.4 Å². The molecular weight excluding hydrogens is 765 g/mol. The van der Waals surface area contributed by atoms with Gasteiger partial charge in [0.15, 0.2) is 12.4 Å². The number of aliphatic hydroxyl groups is 3. The fourth-order valence-electron chi connectivity index (χ4n) is 6.94. The molecule has 0 aromatic heterocycles. The predicted molar refractivity (Wildman–Crippen MR) is 229 cm³/mol. The maximum Gasteiger partial charge on any atom is 0.306 e. The Labute approximate surface area is 351 Å². The van der Waals surface area contributed by atoms with Crippen molar-refractivity contribution in [1.82, 2.24) is 0 Å². The number of hydrogen-bond donors (Lipinski definition) is 4. The monoisotopic (exact) mass is 847 g/mol. The second-order valence-corrected chi connectivity index (χ2v) is 17.6. The largest absolute Gasteiger partial charge is 0.462 e. The lowest BCUT2D eigenvalue weighted by molar-refractivity contribution is -0.297. The molecule has 58 heavy (non-hydrogen) atoms. The van der Waals surface area contributed by atoms with Crippen LogP contribution in [0.3, 0.4) is 0 Å². The molecule has 0 radical (unpaired) electrons. The van der Waals surface area contributed by atoms with E-state index in [2.05, 4.69) is 38.2 Å². The molecule has 1 heterocycles. The van der Waals surface area contributed by atoms with E-state index in [4.69, 9.17) is 18.9 Å². The summed E-state index contributed by atoms with van der Waals surface area (Å²) in [5, 5.41) is 30.8. The summed E-state index contributed by atoms with van der Waals surface area (Å²) < 4.78 is 54.0. The highest BCUT2D eigenvalue weighted by Gasteiger charge is 2.46. The summed E-state index contributed by atoms with van der Waals surface area (Å²) in [4.78, 5) is 25.4. The third-order valence-corrected chi connectivity index (χ3v) is 11.3. The minimum atomic E-state index is -4.60. The summed E-state index contributed by atoms with van der Waals surface area (Å²) >= 11 is 0. The zero-order chi connectivity index (χ0) is 42.7. The van der Waals surface area contributed by atoms with Crippen molar-refractivity contribution in [2.24, 2.45) is 0 Å². The first-order valence-corrected chi connectivity index (χ1v) is 24.5. The Kier molecular flexibility index (Phi) is 33.5. The molecule has 0 bridgehead atoms. The predicted octanol–water partition coefficient (Wildman–Crippen LogP) is 9.23. The van der Waals surface area contributed by atoms with Crippen molar-refractivity contribution in [3.8, 4) is 0 Å². The Morgan fingerprint density at radius 1 is 0.586 bits per heavy atom. The average Bonchev–Trinajstić information content (AvgIpc) is 3.18. The van der Waals surface area contributed by atoms with Crippen molar-refractivity contribution in [1.29, 1.82) is 0 Å². The molecule has 1 fully saturated rings. The molecule has 1 aliphatic heterocycles. The highest BCUT2D eigenvalue weighted by atomic mass is 32.2. The quantitative estimate of drug-likeness (QED) is 0.0200. The molecule has 1 saturated heterocycles. The third-order valence-electron chi connectivity index (χ3n) is 10.5. The molecule has 0 saturated carbocycles. The molecule has 1 aliphatic rings. The lowest BCUT2D eigenvalue weighted by Gasteiger charge is -2.40. The zero-order valence-electron chi connectivity index (χ0n) is 36.2. The lowest BCUT2D eigenvalue weighted by atomic mass is 10.00. The van der Waals surface area contributed by atoms with Crippen LogP contribution < -0.4 is 0 Å². The summed E-state index contributed by atoms with van der Waals surface area (Å²) in [6.45, 7) is 3.72. The van der Waals surface area contributed by atoms with Gasteiger partial charge in [-0.25, -0.2) is 0 Å². The minimum Gasteiger partial charge on any atom is -0.462 e. The van der Waals surface area contributed by atoms with Crippen LogP contribution in [0.1, 0.15) is 194 Å². The first kappa shape index (κ1) is 54.1. The Morgan fingerprint density at radius 2 is 1.03 bits per heavy atom. The Balaban J connectivity index is 2.40. The van der Waals surface area contributed by atoms with Crippen molar-refractivity contribution in [3.05, 3.63) is 24.3 Å². The molecule has 0 aliphatic carbocycles. The van der Waals surface area contributed by atoms with Crippen molar-refractivity contribution in [2.45, 2.75) is 230 Å². The van der Waals surface area contributed by atoms with Crippen LogP contribution in [0.2, 0.25) is 0 Å². The van der Waals surface area contributed by atoms with Crippen LogP contribution in [0.5, 0.6) is 0 Å². The first-order chi connectivity index (χ1) is 28.0. The van der Waals surface area contributed by atoms with Crippen LogP contribution in [-0.2, 0) is 38.7 Å². The van der Waals surface area contributed by atoms with Crippen LogP contribution in [-0.4, -0.2) is 96.0 Å². The summed E-state index contributed by atoms with van der Waals surface area (Å²) in [6.07, 6.45) is 29.4. The normalized spacial score (nSPS) is 20.6.